The normalized spacial score (nSPS) is 36.9. The number of hydrogen-bond acceptors (Lipinski definition) is 1. The van der Waals surface area contributed by atoms with E-state index in [-0.39, 0.29) is 5.41 Å². The Kier molecular flexibility index (Phi) is 2.92. The SMILES string of the molecule is CCC1CCCC(C)(CC)C1=O. The standard InChI is InChI=1S/C11H20O/c1-4-9-7-6-8-11(3,5-2)10(9)12/h9H,4-8H2,1-3H3. The first-order valence-electron chi connectivity index (χ1n) is 5.18. The Hall–Kier alpha value is -0.330. The molecular formula is C11H20O. The van der Waals surface area contributed by atoms with E-state index in [0.717, 1.165) is 25.7 Å². The van der Waals surface area contributed by atoms with E-state index in [4.69, 9.17) is 0 Å². The number of carbonyl (C=O) groups excluding carboxylic acids is 1. The van der Waals surface area contributed by atoms with E-state index in [1.807, 2.05) is 0 Å². The van der Waals surface area contributed by atoms with E-state index < -0.39 is 0 Å². The predicted octanol–water partition coefficient (Wildman–Crippen LogP) is 3.18. The van der Waals surface area contributed by atoms with Crippen LogP contribution in [-0.2, 0) is 4.79 Å². The van der Waals surface area contributed by atoms with Crippen LogP contribution in [0.3, 0.4) is 0 Å². The van der Waals surface area contributed by atoms with Gasteiger partial charge in [-0.05, 0) is 25.7 Å². The lowest BCUT2D eigenvalue weighted by atomic mass is 9.68. The quantitative estimate of drug-likeness (QED) is 0.619. The summed E-state index contributed by atoms with van der Waals surface area (Å²) in [4.78, 5) is 11.9. The Morgan fingerprint density at radius 1 is 1.50 bits per heavy atom. The van der Waals surface area contributed by atoms with Crippen molar-refractivity contribution in [2.75, 3.05) is 0 Å². The molecule has 2 atom stereocenters. The maximum atomic E-state index is 11.9. The van der Waals surface area contributed by atoms with Crippen LogP contribution in [0.5, 0.6) is 0 Å². The molecule has 70 valence electrons. The van der Waals surface area contributed by atoms with E-state index in [2.05, 4.69) is 20.8 Å². The van der Waals surface area contributed by atoms with Gasteiger partial charge in [0.1, 0.15) is 5.78 Å². The Morgan fingerprint density at radius 3 is 2.67 bits per heavy atom. The van der Waals surface area contributed by atoms with E-state index in [1.165, 1.54) is 6.42 Å². The van der Waals surface area contributed by atoms with Crippen molar-refractivity contribution in [3.05, 3.63) is 0 Å². The average molecular weight is 168 g/mol. The minimum absolute atomic E-state index is 0.0128. The summed E-state index contributed by atoms with van der Waals surface area (Å²) in [7, 11) is 0. The molecule has 1 nitrogen and oxygen atoms in total. The lowest BCUT2D eigenvalue weighted by molar-refractivity contribution is -0.135. The molecule has 12 heavy (non-hydrogen) atoms. The molecule has 0 N–H and O–H groups in total. The monoisotopic (exact) mass is 168 g/mol. The third-order valence-corrected chi connectivity index (χ3v) is 3.52. The molecule has 1 aliphatic carbocycles. The van der Waals surface area contributed by atoms with Crippen molar-refractivity contribution in [3.8, 4) is 0 Å². The Morgan fingerprint density at radius 2 is 2.17 bits per heavy atom. The zero-order valence-electron chi connectivity index (χ0n) is 8.52. The van der Waals surface area contributed by atoms with Crippen molar-refractivity contribution in [2.24, 2.45) is 11.3 Å². The molecule has 0 radical (unpaired) electrons. The second kappa shape index (κ2) is 3.59. The first-order chi connectivity index (χ1) is 5.64. The fourth-order valence-electron chi connectivity index (χ4n) is 2.23. The summed E-state index contributed by atoms with van der Waals surface area (Å²) in [6, 6.07) is 0. The number of hydrogen-bond donors (Lipinski definition) is 0. The molecule has 2 unspecified atom stereocenters. The molecule has 0 amide bonds. The van der Waals surface area contributed by atoms with E-state index in [0.29, 0.717) is 11.7 Å². The number of carbonyl (C=O) groups is 1. The van der Waals surface area contributed by atoms with Gasteiger partial charge in [0.25, 0.3) is 0 Å². The third kappa shape index (κ3) is 1.55. The molecule has 0 bridgehead atoms. The molecule has 0 aromatic carbocycles. The van der Waals surface area contributed by atoms with Gasteiger partial charge in [-0.25, -0.2) is 0 Å². The van der Waals surface area contributed by atoms with Gasteiger partial charge in [-0.3, -0.25) is 4.79 Å². The van der Waals surface area contributed by atoms with Gasteiger partial charge in [0.2, 0.25) is 0 Å². The van der Waals surface area contributed by atoms with Crippen LogP contribution in [0, 0.1) is 11.3 Å². The van der Waals surface area contributed by atoms with Crippen LogP contribution in [0.1, 0.15) is 52.9 Å². The molecule has 1 saturated carbocycles. The molecule has 0 spiro atoms. The maximum absolute atomic E-state index is 11.9. The molecule has 0 aromatic heterocycles. The number of rotatable bonds is 2. The summed E-state index contributed by atoms with van der Waals surface area (Å²) < 4.78 is 0. The second-order valence-electron chi connectivity index (χ2n) is 4.28. The van der Waals surface area contributed by atoms with Crippen LogP contribution in [-0.4, -0.2) is 5.78 Å². The van der Waals surface area contributed by atoms with Crippen LogP contribution in [0.15, 0.2) is 0 Å². The van der Waals surface area contributed by atoms with Gasteiger partial charge in [0, 0.05) is 11.3 Å². The van der Waals surface area contributed by atoms with Crippen molar-refractivity contribution in [2.45, 2.75) is 52.9 Å². The molecule has 1 rings (SSSR count). The Labute approximate surface area is 75.5 Å². The van der Waals surface area contributed by atoms with Crippen LogP contribution in [0.4, 0.5) is 0 Å². The van der Waals surface area contributed by atoms with Gasteiger partial charge in [-0.1, -0.05) is 27.2 Å². The van der Waals surface area contributed by atoms with Crippen LogP contribution >= 0.6 is 0 Å². The van der Waals surface area contributed by atoms with Gasteiger partial charge in [0.05, 0.1) is 0 Å². The summed E-state index contributed by atoms with van der Waals surface area (Å²) in [5.74, 6) is 0.891. The van der Waals surface area contributed by atoms with Crippen molar-refractivity contribution in [3.63, 3.8) is 0 Å². The number of Topliss-reactive ketones (excluding diaryl/α,β-unsaturated/α-hetero) is 1. The average Bonchev–Trinajstić information content (AvgIpc) is 2.10. The second-order valence-corrected chi connectivity index (χ2v) is 4.28. The summed E-state index contributed by atoms with van der Waals surface area (Å²) in [5, 5.41) is 0. The van der Waals surface area contributed by atoms with Gasteiger partial charge in [-0.15, -0.1) is 0 Å². The minimum atomic E-state index is 0.0128. The fourth-order valence-corrected chi connectivity index (χ4v) is 2.23. The van der Waals surface area contributed by atoms with Gasteiger partial charge in [-0.2, -0.15) is 0 Å². The van der Waals surface area contributed by atoms with Crippen molar-refractivity contribution >= 4 is 5.78 Å². The zero-order valence-corrected chi connectivity index (χ0v) is 8.52. The summed E-state index contributed by atoms with van der Waals surface area (Å²) in [6.07, 6.45) is 5.54. The summed E-state index contributed by atoms with van der Waals surface area (Å²) in [6.45, 7) is 6.40. The first kappa shape index (κ1) is 9.76. The first-order valence-corrected chi connectivity index (χ1v) is 5.18. The smallest absolute Gasteiger partial charge is 0.141 e. The van der Waals surface area contributed by atoms with E-state index >= 15 is 0 Å². The maximum Gasteiger partial charge on any atom is 0.141 e. The van der Waals surface area contributed by atoms with E-state index in [1.54, 1.807) is 0 Å². The highest BCUT2D eigenvalue weighted by molar-refractivity contribution is 5.87. The Balaban J connectivity index is 2.72. The molecule has 0 heterocycles. The zero-order chi connectivity index (χ0) is 9.19. The van der Waals surface area contributed by atoms with Gasteiger partial charge in [0.15, 0.2) is 0 Å². The van der Waals surface area contributed by atoms with Crippen LogP contribution in [0.25, 0.3) is 0 Å². The highest BCUT2D eigenvalue weighted by Crippen LogP contribution is 2.39. The van der Waals surface area contributed by atoms with Crippen molar-refractivity contribution in [1.29, 1.82) is 0 Å². The van der Waals surface area contributed by atoms with E-state index in [9.17, 15) is 4.79 Å². The minimum Gasteiger partial charge on any atom is -0.299 e. The fraction of sp³-hybridized carbons (Fsp3) is 0.909. The largest absolute Gasteiger partial charge is 0.299 e. The van der Waals surface area contributed by atoms with Crippen molar-refractivity contribution < 1.29 is 4.79 Å². The predicted molar refractivity (Wildman–Crippen MR) is 51.0 cm³/mol. The third-order valence-electron chi connectivity index (χ3n) is 3.52. The van der Waals surface area contributed by atoms with Gasteiger partial charge >= 0.3 is 0 Å². The summed E-state index contributed by atoms with van der Waals surface area (Å²) in [5.41, 5.74) is 0.0128. The summed E-state index contributed by atoms with van der Waals surface area (Å²) >= 11 is 0. The molecular weight excluding hydrogens is 148 g/mol. The van der Waals surface area contributed by atoms with Crippen LogP contribution < -0.4 is 0 Å². The lowest BCUT2D eigenvalue weighted by Gasteiger charge is -2.35. The molecule has 1 aliphatic rings. The molecule has 0 aliphatic heterocycles. The number of ketones is 1. The highest BCUT2D eigenvalue weighted by Gasteiger charge is 2.38. The molecule has 1 heteroatoms. The lowest BCUT2D eigenvalue weighted by Crippen LogP contribution is -2.36. The van der Waals surface area contributed by atoms with Crippen LogP contribution in [0.2, 0.25) is 0 Å². The topological polar surface area (TPSA) is 17.1 Å². The molecule has 0 saturated heterocycles. The molecule has 1 fully saturated rings. The molecule has 0 aromatic rings. The van der Waals surface area contributed by atoms with Crippen molar-refractivity contribution in [1.82, 2.24) is 0 Å². The highest BCUT2D eigenvalue weighted by atomic mass is 16.1. The van der Waals surface area contributed by atoms with Gasteiger partial charge < -0.3 is 0 Å². The Bertz CT molecular complexity index is 174.